The number of hydrogen-bond acceptors (Lipinski definition) is 5. The molecule has 2 aliphatic heterocycles. The van der Waals surface area contributed by atoms with Gasteiger partial charge in [0.2, 0.25) is 5.91 Å². The van der Waals surface area contributed by atoms with Gasteiger partial charge in [0.25, 0.3) is 0 Å². The van der Waals surface area contributed by atoms with Gasteiger partial charge in [-0.15, -0.1) is 11.8 Å². The van der Waals surface area contributed by atoms with E-state index >= 15 is 0 Å². The molecule has 1 amide bonds. The maximum Gasteiger partial charge on any atom is 0.353 e. The maximum atomic E-state index is 11.3. The van der Waals surface area contributed by atoms with Gasteiger partial charge in [-0.25, -0.2) is 4.79 Å². The summed E-state index contributed by atoms with van der Waals surface area (Å²) in [6, 6.07) is 0. The van der Waals surface area contributed by atoms with Gasteiger partial charge in [0.15, 0.2) is 0 Å². The summed E-state index contributed by atoms with van der Waals surface area (Å²) >= 11 is 1.49. The van der Waals surface area contributed by atoms with Crippen LogP contribution in [0.25, 0.3) is 0 Å². The Hall–Kier alpha value is -1.05. The zero-order chi connectivity index (χ0) is 11.7. The number of carbonyl (C=O) groups is 2. The standard InChI is InChI=1S/C9H13N3O3S/c10-11-3-1-2-5-8(9(14)15)12-6(13)4-7(12)16-5/h7,11H,1-4,10H2,(H,14,15)/t7-/m1/s1. The van der Waals surface area contributed by atoms with Gasteiger partial charge in [-0.3, -0.25) is 21.0 Å². The molecule has 4 N–H and O–H groups in total. The number of rotatable bonds is 5. The van der Waals surface area contributed by atoms with Gasteiger partial charge in [0, 0.05) is 11.4 Å². The van der Waals surface area contributed by atoms with E-state index in [1.807, 2.05) is 0 Å². The van der Waals surface area contributed by atoms with Crippen LogP contribution in [0.4, 0.5) is 0 Å². The van der Waals surface area contributed by atoms with Crippen molar-refractivity contribution < 1.29 is 14.7 Å². The van der Waals surface area contributed by atoms with Crippen molar-refractivity contribution in [3.63, 3.8) is 0 Å². The van der Waals surface area contributed by atoms with Crippen LogP contribution in [-0.4, -0.2) is 33.8 Å². The molecule has 6 nitrogen and oxygen atoms in total. The third-order valence-electron chi connectivity index (χ3n) is 2.62. The Morgan fingerprint density at radius 2 is 2.44 bits per heavy atom. The first kappa shape index (κ1) is 11.4. The number of thioether (sulfide) groups is 1. The van der Waals surface area contributed by atoms with Gasteiger partial charge < -0.3 is 5.11 Å². The summed E-state index contributed by atoms with van der Waals surface area (Å²) in [5, 5.41) is 9.09. The van der Waals surface area contributed by atoms with Crippen LogP contribution in [0.5, 0.6) is 0 Å². The van der Waals surface area contributed by atoms with Crippen molar-refractivity contribution in [3.05, 3.63) is 10.6 Å². The van der Waals surface area contributed by atoms with Crippen molar-refractivity contribution in [1.29, 1.82) is 0 Å². The molecule has 2 rings (SSSR count). The number of carbonyl (C=O) groups excluding carboxylic acids is 1. The molecule has 7 heteroatoms. The molecule has 0 spiro atoms. The van der Waals surface area contributed by atoms with E-state index in [-0.39, 0.29) is 17.0 Å². The molecule has 0 aromatic carbocycles. The van der Waals surface area contributed by atoms with Crippen LogP contribution in [0, 0.1) is 0 Å². The summed E-state index contributed by atoms with van der Waals surface area (Å²) in [5.74, 6) is 4.03. The molecule has 1 atom stereocenters. The van der Waals surface area contributed by atoms with Gasteiger partial charge in [-0.2, -0.15) is 0 Å². The Morgan fingerprint density at radius 3 is 3.00 bits per heavy atom. The van der Waals surface area contributed by atoms with Crippen LogP contribution in [-0.2, 0) is 9.59 Å². The molecule has 2 heterocycles. The Kier molecular flexibility index (Phi) is 3.17. The van der Waals surface area contributed by atoms with E-state index in [2.05, 4.69) is 5.43 Å². The number of nitrogens with zero attached hydrogens (tertiary/aromatic N) is 1. The van der Waals surface area contributed by atoms with Crippen molar-refractivity contribution >= 4 is 23.6 Å². The van der Waals surface area contributed by atoms with Crippen LogP contribution in [0.15, 0.2) is 10.6 Å². The zero-order valence-electron chi connectivity index (χ0n) is 8.60. The molecule has 0 bridgehead atoms. The second kappa shape index (κ2) is 4.44. The highest BCUT2D eigenvalue weighted by atomic mass is 32.2. The number of carboxylic acid groups (broad SMARTS) is 1. The molecule has 88 valence electrons. The predicted octanol–water partition coefficient (Wildman–Crippen LogP) is -0.169. The summed E-state index contributed by atoms with van der Waals surface area (Å²) in [6.45, 7) is 0.634. The number of amides is 1. The highest BCUT2D eigenvalue weighted by molar-refractivity contribution is 8.04. The number of carboxylic acids is 1. The SMILES string of the molecule is NNCCCC1=C(C(=O)O)N2C(=O)C[C@H]2S1. The minimum absolute atomic E-state index is 0.0134. The van der Waals surface area contributed by atoms with Crippen LogP contribution >= 0.6 is 11.8 Å². The van der Waals surface area contributed by atoms with E-state index in [0.29, 0.717) is 19.4 Å². The number of fused-ring (bicyclic) bond motifs is 1. The Morgan fingerprint density at radius 1 is 1.69 bits per heavy atom. The molecule has 0 aromatic heterocycles. The largest absolute Gasteiger partial charge is 0.477 e. The average Bonchev–Trinajstić information content (AvgIpc) is 2.52. The van der Waals surface area contributed by atoms with Gasteiger partial charge in [-0.05, 0) is 12.8 Å². The van der Waals surface area contributed by atoms with E-state index in [9.17, 15) is 9.59 Å². The Balaban J connectivity index is 2.09. The normalized spacial score (nSPS) is 23.4. The Bertz CT molecular complexity index is 369. The van der Waals surface area contributed by atoms with Crippen molar-refractivity contribution in [1.82, 2.24) is 10.3 Å². The van der Waals surface area contributed by atoms with Crippen molar-refractivity contribution in [3.8, 4) is 0 Å². The number of nitrogens with two attached hydrogens (primary N) is 1. The van der Waals surface area contributed by atoms with E-state index in [4.69, 9.17) is 10.9 Å². The second-order valence-electron chi connectivity index (χ2n) is 3.67. The Labute approximate surface area is 96.8 Å². The fraction of sp³-hybridized carbons (Fsp3) is 0.556. The molecule has 0 unspecified atom stereocenters. The van der Waals surface area contributed by atoms with Gasteiger partial charge in [-0.1, -0.05) is 0 Å². The monoisotopic (exact) mass is 243 g/mol. The van der Waals surface area contributed by atoms with E-state index in [1.165, 1.54) is 16.7 Å². The third-order valence-corrected chi connectivity index (χ3v) is 3.95. The highest BCUT2D eigenvalue weighted by Crippen LogP contribution is 2.47. The highest BCUT2D eigenvalue weighted by Gasteiger charge is 2.47. The van der Waals surface area contributed by atoms with Gasteiger partial charge in [0.05, 0.1) is 11.8 Å². The summed E-state index contributed by atoms with van der Waals surface area (Å²) in [4.78, 5) is 24.5. The number of aliphatic carboxylic acids is 1. The number of allylic oxidation sites excluding steroid dienone is 1. The molecule has 1 fully saturated rings. The minimum atomic E-state index is -1.02. The number of hydrazine groups is 1. The first-order chi connectivity index (χ1) is 7.65. The summed E-state index contributed by atoms with van der Waals surface area (Å²) in [7, 11) is 0. The number of hydrogen-bond donors (Lipinski definition) is 3. The van der Waals surface area contributed by atoms with E-state index < -0.39 is 5.97 Å². The quantitative estimate of drug-likeness (QED) is 0.268. The smallest absolute Gasteiger partial charge is 0.353 e. The first-order valence-electron chi connectivity index (χ1n) is 5.03. The molecule has 2 aliphatic rings. The van der Waals surface area contributed by atoms with Crippen molar-refractivity contribution in [2.75, 3.05) is 6.54 Å². The summed E-state index contributed by atoms with van der Waals surface area (Å²) in [6.07, 6.45) is 1.86. The number of β-lactam (4-membered cyclic amide) rings is 1. The topological polar surface area (TPSA) is 95.7 Å². The van der Waals surface area contributed by atoms with Crippen LogP contribution in [0.2, 0.25) is 0 Å². The van der Waals surface area contributed by atoms with Gasteiger partial charge in [0.1, 0.15) is 5.70 Å². The van der Waals surface area contributed by atoms with Crippen molar-refractivity contribution in [2.45, 2.75) is 24.6 Å². The lowest BCUT2D eigenvalue weighted by atomic mass is 10.1. The van der Waals surface area contributed by atoms with Crippen LogP contribution in [0.1, 0.15) is 19.3 Å². The fourth-order valence-electron chi connectivity index (χ4n) is 1.86. The lowest BCUT2D eigenvalue weighted by Gasteiger charge is -2.33. The van der Waals surface area contributed by atoms with Gasteiger partial charge >= 0.3 is 5.97 Å². The summed E-state index contributed by atoms with van der Waals surface area (Å²) in [5.41, 5.74) is 2.69. The fourth-order valence-corrected chi connectivity index (χ4v) is 3.30. The lowest BCUT2D eigenvalue weighted by Crippen LogP contribution is -2.48. The molecule has 0 aliphatic carbocycles. The molecule has 0 radical (unpaired) electrons. The molecule has 1 saturated heterocycles. The minimum Gasteiger partial charge on any atom is -0.477 e. The summed E-state index contributed by atoms with van der Waals surface area (Å²) < 4.78 is 0. The van der Waals surface area contributed by atoms with Crippen LogP contribution < -0.4 is 11.3 Å². The second-order valence-corrected chi connectivity index (χ2v) is 4.95. The lowest BCUT2D eigenvalue weighted by molar-refractivity contribution is -0.145. The first-order valence-corrected chi connectivity index (χ1v) is 5.91. The molecule has 0 aromatic rings. The van der Waals surface area contributed by atoms with Crippen molar-refractivity contribution in [2.24, 2.45) is 5.84 Å². The predicted molar refractivity (Wildman–Crippen MR) is 58.9 cm³/mol. The molecular weight excluding hydrogens is 230 g/mol. The zero-order valence-corrected chi connectivity index (χ0v) is 9.42. The third kappa shape index (κ3) is 1.81. The molecular formula is C9H13N3O3S. The molecule has 0 saturated carbocycles. The number of nitrogens with one attached hydrogen (secondary N) is 1. The van der Waals surface area contributed by atoms with E-state index in [1.54, 1.807) is 0 Å². The molecule has 16 heavy (non-hydrogen) atoms. The van der Waals surface area contributed by atoms with Crippen LogP contribution in [0.3, 0.4) is 0 Å². The maximum absolute atomic E-state index is 11.3. The van der Waals surface area contributed by atoms with E-state index in [0.717, 1.165) is 11.3 Å². The average molecular weight is 243 g/mol.